The molecule has 2 heterocycles. The first kappa shape index (κ1) is 15.7. The fourth-order valence-electron chi connectivity index (χ4n) is 2.94. The number of aryl methyl sites for hydroxylation is 2. The Morgan fingerprint density at radius 1 is 1.30 bits per heavy atom. The number of carbonyl (C=O) groups is 2. The molecule has 6 heteroatoms. The summed E-state index contributed by atoms with van der Waals surface area (Å²) < 4.78 is 0. The van der Waals surface area contributed by atoms with Crippen molar-refractivity contribution in [3.8, 4) is 0 Å². The molecule has 0 saturated carbocycles. The van der Waals surface area contributed by atoms with Crippen LogP contribution in [0.3, 0.4) is 0 Å². The van der Waals surface area contributed by atoms with Gasteiger partial charge in [0.2, 0.25) is 11.8 Å². The van der Waals surface area contributed by atoms with Crippen LogP contribution in [-0.4, -0.2) is 28.7 Å². The van der Waals surface area contributed by atoms with Crippen LogP contribution in [0.4, 0.5) is 5.13 Å². The molecular weight excluding hydrogens is 310 g/mol. The Balaban J connectivity index is 1.84. The topological polar surface area (TPSA) is 62.3 Å². The van der Waals surface area contributed by atoms with Gasteiger partial charge in [0.25, 0.3) is 0 Å². The maximum atomic E-state index is 12.7. The van der Waals surface area contributed by atoms with Gasteiger partial charge in [0.1, 0.15) is 0 Å². The van der Waals surface area contributed by atoms with Gasteiger partial charge in [-0.25, -0.2) is 4.98 Å². The van der Waals surface area contributed by atoms with E-state index in [-0.39, 0.29) is 24.3 Å². The summed E-state index contributed by atoms with van der Waals surface area (Å²) in [4.78, 5) is 31.9. The van der Waals surface area contributed by atoms with E-state index in [0.717, 1.165) is 16.1 Å². The predicted molar refractivity (Wildman–Crippen MR) is 90.3 cm³/mol. The maximum Gasteiger partial charge on any atom is 0.232 e. The Bertz CT molecular complexity index is 722. The molecule has 1 aliphatic heterocycles. The number of nitrogens with zero attached hydrogens (tertiary/aromatic N) is 2. The summed E-state index contributed by atoms with van der Waals surface area (Å²) in [6.07, 6.45) is 0.227. The molecule has 1 saturated heterocycles. The minimum Gasteiger partial charge on any atom is -0.338 e. The largest absolute Gasteiger partial charge is 0.338 e. The van der Waals surface area contributed by atoms with Crippen LogP contribution in [0.1, 0.15) is 28.6 Å². The van der Waals surface area contributed by atoms with Crippen molar-refractivity contribution in [2.45, 2.75) is 26.3 Å². The lowest BCUT2D eigenvalue weighted by atomic mass is 9.93. The van der Waals surface area contributed by atoms with Gasteiger partial charge >= 0.3 is 0 Å². The van der Waals surface area contributed by atoms with Gasteiger partial charge in [-0.2, -0.15) is 0 Å². The maximum absolute atomic E-state index is 12.7. The lowest BCUT2D eigenvalue weighted by molar-refractivity contribution is -0.127. The van der Waals surface area contributed by atoms with E-state index in [1.807, 2.05) is 44.2 Å². The molecule has 0 bridgehead atoms. The molecule has 2 amide bonds. The average molecular weight is 329 g/mol. The Hall–Kier alpha value is -2.21. The molecule has 2 atom stereocenters. The van der Waals surface area contributed by atoms with Crippen LogP contribution in [-0.2, 0) is 9.59 Å². The average Bonchev–Trinajstić information content (AvgIpc) is 3.00. The fraction of sp³-hybridized carbons (Fsp3) is 0.353. The summed E-state index contributed by atoms with van der Waals surface area (Å²) in [5.74, 6) is -0.560. The van der Waals surface area contributed by atoms with Crippen molar-refractivity contribution in [3.05, 3.63) is 46.5 Å². The molecule has 23 heavy (non-hydrogen) atoms. The third kappa shape index (κ3) is 2.99. The summed E-state index contributed by atoms with van der Waals surface area (Å²) in [5.41, 5.74) is 1.90. The smallest absolute Gasteiger partial charge is 0.232 e. The minimum atomic E-state index is -0.403. The zero-order valence-electron chi connectivity index (χ0n) is 13.4. The van der Waals surface area contributed by atoms with E-state index in [4.69, 9.17) is 0 Å². The number of thiazole rings is 1. The van der Waals surface area contributed by atoms with Gasteiger partial charge in [-0.15, -0.1) is 11.3 Å². The molecule has 1 aromatic heterocycles. The first-order chi connectivity index (χ1) is 11.0. The molecule has 120 valence electrons. The summed E-state index contributed by atoms with van der Waals surface area (Å²) in [7, 11) is 1.75. The molecule has 0 spiro atoms. The van der Waals surface area contributed by atoms with Gasteiger partial charge in [0, 0.05) is 18.3 Å². The summed E-state index contributed by atoms with van der Waals surface area (Å²) in [6, 6.07) is 9.46. The molecule has 3 rings (SSSR count). The number of amides is 2. The number of rotatable bonds is 3. The number of anilines is 1. The lowest BCUT2D eigenvalue weighted by Gasteiger charge is -2.24. The number of nitrogens with one attached hydrogen (secondary N) is 1. The number of likely N-dealkylation sites (tertiary alicyclic amines) is 1. The van der Waals surface area contributed by atoms with E-state index in [0.29, 0.717) is 5.13 Å². The van der Waals surface area contributed by atoms with E-state index in [1.165, 1.54) is 11.3 Å². The zero-order valence-corrected chi connectivity index (χ0v) is 14.2. The SMILES string of the molecule is Cc1nc(NC(=O)[C@@H]2CC(=O)N(C)[C@H]2c2ccccc2)sc1C. The number of hydrogen-bond acceptors (Lipinski definition) is 4. The van der Waals surface area contributed by atoms with E-state index in [1.54, 1.807) is 11.9 Å². The van der Waals surface area contributed by atoms with E-state index < -0.39 is 5.92 Å². The zero-order chi connectivity index (χ0) is 16.6. The monoisotopic (exact) mass is 329 g/mol. The molecule has 0 unspecified atom stereocenters. The molecule has 5 nitrogen and oxygen atoms in total. The van der Waals surface area contributed by atoms with Crippen molar-refractivity contribution in [1.29, 1.82) is 0 Å². The highest BCUT2D eigenvalue weighted by atomic mass is 32.1. The number of carbonyl (C=O) groups excluding carboxylic acids is 2. The third-order valence-corrected chi connectivity index (χ3v) is 5.31. The van der Waals surface area contributed by atoms with Crippen LogP contribution in [0, 0.1) is 19.8 Å². The van der Waals surface area contributed by atoms with Crippen molar-refractivity contribution < 1.29 is 9.59 Å². The van der Waals surface area contributed by atoms with E-state index in [2.05, 4.69) is 10.3 Å². The standard InChI is InChI=1S/C17H19N3O2S/c1-10-11(2)23-17(18-10)19-16(22)13-9-14(21)20(3)15(13)12-7-5-4-6-8-12/h4-8,13,15H,9H2,1-3H3,(H,18,19,22)/t13-,15+/m1/s1. The van der Waals surface area contributed by atoms with Crippen LogP contribution in [0.2, 0.25) is 0 Å². The first-order valence-corrected chi connectivity index (χ1v) is 8.34. The molecule has 1 fully saturated rings. The predicted octanol–water partition coefficient (Wildman–Crippen LogP) is 2.92. The quantitative estimate of drug-likeness (QED) is 0.942. The van der Waals surface area contributed by atoms with E-state index >= 15 is 0 Å². The van der Waals surface area contributed by atoms with Gasteiger partial charge in [0.05, 0.1) is 17.7 Å². The first-order valence-electron chi connectivity index (χ1n) is 7.53. The Morgan fingerprint density at radius 2 is 2.00 bits per heavy atom. The second kappa shape index (κ2) is 6.12. The second-order valence-corrected chi connectivity index (χ2v) is 7.02. The van der Waals surface area contributed by atoms with Crippen molar-refractivity contribution in [2.24, 2.45) is 5.92 Å². The van der Waals surface area contributed by atoms with Crippen LogP contribution >= 0.6 is 11.3 Å². The molecule has 0 radical (unpaired) electrons. The van der Waals surface area contributed by atoms with Gasteiger partial charge in [0.15, 0.2) is 5.13 Å². The highest BCUT2D eigenvalue weighted by molar-refractivity contribution is 7.15. The second-order valence-electron chi connectivity index (χ2n) is 5.82. The molecule has 0 aliphatic carbocycles. The van der Waals surface area contributed by atoms with E-state index in [9.17, 15) is 9.59 Å². The number of aromatic nitrogens is 1. The number of benzene rings is 1. The number of hydrogen-bond donors (Lipinski definition) is 1. The molecule has 2 aromatic rings. The van der Waals surface area contributed by atoms with Crippen molar-refractivity contribution in [3.63, 3.8) is 0 Å². The van der Waals surface area contributed by atoms with Crippen molar-refractivity contribution >= 4 is 28.3 Å². The molecular formula is C17H19N3O2S. The van der Waals surface area contributed by atoms with Gasteiger partial charge in [-0.1, -0.05) is 30.3 Å². The van der Waals surface area contributed by atoms with Gasteiger partial charge in [-0.05, 0) is 19.4 Å². The molecule has 1 aliphatic rings. The fourth-order valence-corrected chi connectivity index (χ4v) is 3.75. The highest BCUT2D eigenvalue weighted by Crippen LogP contribution is 2.37. The summed E-state index contributed by atoms with van der Waals surface area (Å²) >= 11 is 1.46. The Kier molecular flexibility index (Phi) is 4.17. The summed E-state index contributed by atoms with van der Waals surface area (Å²) in [6.45, 7) is 3.89. The lowest BCUT2D eigenvalue weighted by Crippen LogP contribution is -2.29. The van der Waals surface area contributed by atoms with Gasteiger partial charge < -0.3 is 10.2 Å². The van der Waals surface area contributed by atoms with Crippen molar-refractivity contribution in [2.75, 3.05) is 12.4 Å². The normalized spacial score (nSPS) is 20.8. The van der Waals surface area contributed by atoms with Crippen LogP contribution in [0.15, 0.2) is 30.3 Å². The Labute approximate surface area is 139 Å². The van der Waals surface area contributed by atoms with Crippen LogP contribution in [0.25, 0.3) is 0 Å². The molecule has 1 aromatic carbocycles. The van der Waals surface area contributed by atoms with Crippen molar-refractivity contribution in [1.82, 2.24) is 9.88 Å². The van der Waals surface area contributed by atoms with Gasteiger partial charge in [-0.3, -0.25) is 9.59 Å². The van der Waals surface area contributed by atoms with Crippen LogP contribution in [0.5, 0.6) is 0 Å². The summed E-state index contributed by atoms with van der Waals surface area (Å²) in [5, 5.41) is 3.47. The third-order valence-electron chi connectivity index (χ3n) is 4.32. The molecule has 1 N–H and O–H groups in total. The minimum absolute atomic E-state index is 0.00879. The Morgan fingerprint density at radius 3 is 2.61 bits per heavy atom. The van der Waals surface area contributed by atoms with Crippen LogP contribution < -0.4 is 5.32 Å². The highest BCUT2D eigenvalue weighted by Gasteiger charge is 2.42.